The van der Waals surface area contributed by atoms with Crippen LogP contribution >= 0.6 is 0 Å². The lowest BCUT2D eigenvalue weighted by molar-refractivity contribution is -0.121. The minimum Gasteiger partial charge on any atom is -0.326 e. The van der Waals surface area contributed by atoms with Crippen molar-refractivity contribution < 1.29 is 9.59 Å². The first-order valence-electron chi connectivity index (χ1n) is 9.94. The van der Waals surface area contributed by atoms with Crippen molar-refractivity contribution in [3.63, 3.8) is 0 Å². The van der Waals surface area contributed by atoms with E-state index in [0.717, 1.165) is 38.0 Å². The number of hydrogen-bond donors (Lipinski definition) is 1. The van der Waals surface area contributed by atoms with Gasteiger partial charge in [-0.3, -0.25) is 4.79 Å². The first kappa shape index (κ1) is 20.3. The van der Waals surface area contributed by atoms with Crippen LogP contribution in [0, 0.1) is 5.92 Å². The second kappa shape index (κ2) is 9.60. The van der Waals surface area contributed by atoms with Crippen LogP contribution in [-0.4, -0.2) is 47.9 Å². The van der Waals surface area contributed by atoms with Gasteiger partial charge in [0.05, 0.1) is 0 Å². The predicted molar refractivity (Wildman–Crippen MR) is 106 cm³/mol. The number of piperidine rings is 1. The molecule has 1 fully saturated rings. The van der Waals surface area contributed by atoms with E-state index in [9.17, 15) is 9.59 Å². The standard InChI is InChI=1S/C21H33N3O2/c1-5-16(4)17-8-10-19(11-9-17)22-20(25)18-12-14-24(15-13-18)21(26)23(6-2)7-3/h8-11,16,18H,5-7,12-15H2,1-4H3,(H,22,25)/t16-/m0/s1. The molecular weight excluding hydrogens is 326 g/mol. The van der Waals surface area contributed by atoms with Crippen LogP contribution in [0.25, 0.3) is 0 Å². The summed E-state index contributed by atoms with van der Waals surface area (Å²) in [6.07, 6.45) is 2.56. The van der Waals surface area contributed by atoms with Crippen molar-refractivity contribution in [2.24, 2.45) is 5.92 Å². The van der Waals surface area contributed by atoms with E-state index >= 15 is 0 Å². The largest absolute Gasteiger partial charge is 0.326 e. The number of anilines is 1. The highest BCUT2D eigenvalue weighted by atomic mass is 16.2. The summed E-state index contributed by atoms with van der Waals surface area (Å²) in [5, 5.41) is 3.03. The second-order valence-corrected chi connectivity index (χ2v) is 7.14. The molecule has 3 amide bonds. The summed E-state index contributed by atoms with van der Waals surface area (Å²) in [6, 6.07) is 8.25. The van der Waals surface area contributed by atoms with Gasteiger partial charge in [0.2, 0.25) is 5.91 Å². The molecule has 0 spiro atoms. The molecule has 0 aliphatic carbocycles. The van der Waals surface area contributed by atoms with Crippen LogP contribution in [0.3, 0.4) is 0 Å². The fourth-order valence-corrected chi connectivity index (χ4v) is 3.40. The Morgan fingerprint density at radius 3 is 2.19 bits per heavy atom. The molecule has 5 nitrogen and oxygen atoms in total. The van der Waals surface area contributed by atoms with Crippen LogP contribution in [0.1, 0.15) is 58.4 Å². The lowest BCUT2D eigenvalue weighted by Gasteiger charge is -2.34. The van der Waals surface area contributed by atoms with Gasteiger partial charge in [0, 0.05) is 37.8 Å². The quantitative estimate of drug-likeness (QED) is 0.823. The Kier molecular flexibility index (Phi) is 7.49. The molecule has 1 aromatic rings. The lowest BCUT2D eigenvalue weighted by atomic mass is 9.95. The highest BCUT2D eigenvalue weighted by molar-refractivity contribution is 5.92. The maximum Gasteiger partial charge on any atom is 0.319 e. The Hall–Kier alpha value is -2.04. The van der Waals surface area contributed by atoms with Gasteiger partial charge in [0.25, 0.3) is 0 Å². The van der Waals surface area contributed by atoms with Gasteiger partial charge in [-0.05, 0) is 56.7 Å². The van der Waals surface area contributed by atoms with Gasteiger partial charge in [0.1, 0.15) is 0 Å². The molecule has 0 bridgehead atoms. The number of urea groups is 1. The van der Waals surface area contributed by atoms with Crippen LogP contribution in [0.2, 0.25) is 0 Å². The summed E-state index contributed by atoms with van der Waals surface area (Å²) in [6.45, 7) is 11.1. The maximum atomic E-state index is 12.5. The molecule has 0 radical (unpaired) electrons. The van der Waals surface area contributed by atoms with Gasteiger partial charge in [-0.15, -0.1) is 0 Å². The second-order valence-electron chi connectivity index (χ2n) is 7.14. The number of nitrogens with zero attached hydrogens (tertiary/aromatic N) is 2. The Labute approximate surface area is 157 Å². The van der Waals surface area contributed by atoms with Crippen LogP contribution in [-0.2, 0) is 4.79 Å². The molecule has 0 aromatic heterocycles. The summed E-state index contributed by atoms with van der Waals surface area (Å²) in [5.74, 6) is 0.577. The molecule has 0 saturated carbocycles. The fourth-order valence-electron chi connectivity index (χ4n) is 3.40. The van der Waals surface area contributed by atoms with E-state index in [0.29, 0.717) is 19.0 Å². The first-order chi connectivity index (χ1) is 12.5. The van der Waals surface area contributed by atoms with E-state index < -0.39 is 0 Å². The third kappa shape index (κ3) is 4.99. The molecule has 2 rings (SSSR count). The molecule has 1 atom stereocenters. The zero-order valence-electron chi connectivity index (χ0n) is 16.6. The lowest BCUT2D eigenvalue weighted by Crippen LogP contribution is -2.47. The number of likely N-dealkylation sites (tertiary alicyclic amines) is 1. The number of rotatable bonds is 6. The monoisotopic (exact) mass is 359 g/mol. The summed E-state index contributed by atoms with van der Waals surface area (Å²) in [4.78, 5) is 28.6. The number of amides is 3. The third-order valence-corrected chi connectivity index (χ3v) is 5.53. The molecule has 1 N–H and O–H groups in total. The Balaban J connectivity index is 1.85. The van der Waals surface area contributed by atoms with Crippen molar-refractivity contribution in [2.75, 3.05) is 31.5 Å². The zero-order valence-corrected chi connectivity index (χ0v) is 16.6. The van der Waals surface area contributed by atoms with Gasteiger partial charge < -0.3 is 15.1 Å². The summed E-state index contributed by atoms with van der Waals surface area (Å²) < 4.78 is 0. The third-order valence-electron chi connectivity index (χ3n) is 5.53. The molecule has 0 unspecified atom stereocenters. The molecular formula is C21H33N3O2. The highest BCUT2D eigenvalue weighted by Gasteiger charge is 2.28. The van der Waals surface area contributed by atoms with E-state index in [4.69, 9.17) is 0 Å². The van der Waals surface area contributed by atoms with Crippen molar-refractivity contribution in [2.45, 2.75) is 52.9 Å². The average molecular weight is 360 g/mol. The number of benzene rings is 1. The topological polar surface area (TPSA) is 52.7 Å². The minimum atomic E-state index is -0.0232. The fraction of sp³-hybridized carbons (Fsp3) is 0.619. The molecule has 26 heavy (non-hydrogen) atoms. The van der Waals surface area contributed by atoms with Crippen LogP contribution in [0.4, 0.5) is 10.5 Å². The Bertz CT molecular complexity index is 588. The molecule has 144 valence electrons. The number of nitrogens with one attached hydrogen (secondary N) is 1. The van der Waals surface area contributed by atoms with Crippen LogP contribution in [0.15, 0.2) is 24.3 Å². The van der Waals surface area contributed by atoms with Gasteiger partial charge in [-0.2, -0.15) is 0 Å². The predicted octanol–water partition coefficient (Wildman–Crippen LogP) is 4.31. The van der Waals surface area contributed by atoms with Crippen LogP contribution in [0.5, 0.6) is 0 Å². The highest BCUT2D eigenvalue weighted by Crippen LogP contribution is 2.23. The average Bonchev–Trinajstić information content (AvgIpc) is 2.68. The van der Waals surface area contributed by atoms with Crippen molar-refractivity contribution >= 4 is 17.6 Å². The molecule has 1 aliphatic heterocycles. The number of carbonyl (C=O) groups is 2. The van der Waals surface area contributed by atoms with E-state index in [-0.39, 0.29) is 17.9 Å². The first-order valence-corrected chi connectivity index (χ1v) is 9.94. The molecule has 1 aromatic carbocycles. The Morgan fingerprint density at radius 1 is 1.12 bits per heavy atom. The van der Waals surface area contributed by atoms with E-state index in [1.54, 1.807) is 0 Å². The minimum absolute atomic E-state index is 0.0232. The molecule has 1 aliphatic rings. The van der Waals surface area contributed by atoms with Crippen molar-refractivity contribution in [3.8, 4) is 0 Å². The SMILES string of the molecule is CC[C@H](C)c1ccc(NC(=O)C2CCN(C(=O)N(CC)CC)CC2)cc1. The maximum absolute atomic E-state index is 12.5. The number of carbonyl (C=O) groups excluding carboxylic acids is 2. The van der Waals surface area contributed by atoms with Crippen LogP contribution < -0.4 is 5.32 Å². The van der Waals surface area contributed by atoms with Gasteiger partial charge in [-0.1, -0.05) is 26.0 Å². The summed E-state index contributed by atoms with van der Waals surface area (Å²) in [5.41, 5.74) is 2.15. The van der Waals surface area contributed by atoms with Crippen molar-refractivity contribution in [3.05, 3.63) is 29.8 Å². The molecule has 1 heterocycles. The Morgan fingerprint density at radius 2 is 1.69 bits per heavy atom. The normalized spacial score (nSPS) is 16.2. The van der Waals surface area contributed by atoms with Crippen molar-refractivity contribution in [1.29, 1.82) is 0 Å². The van der Waals surface area contributed by atoms with E-state index in [2.05, 4.69) is 31.3 Å². The van der Waals surface area contributed by atoms with Gasteiger partial charge >= 0.3 is 6.03 Å². The van der Waals surface area contributed by atoms with E-state index in [1.807, 2.05) is 35.8 Å². The zero-order chi connectivity index (χ0) is 19.1. The molecule has 5 heteroatoms. The van der Waals surface area contributed by atoms with E-state index in [1.165, 1.54) is 5.56 Å². The molecule has 1 saturated heterocycles. The smallest absolute Gasteiger partial charge is 0.319 e. The summed E-state index contributed by atoms with van der Waals surface area (Å²) >= 11 is 0. The van der Waals surface area contributed by atoms with Crippen molar-refractivity contribution in [1.82, 2.24) is 9.80 Å². The van der Waals surface area contributed by atoms with Gasteiger partial charge in [0.15, 0.2) is 0 Å². The number of hydrogen-bond acceptors (Lipinski definition) is 2. The summed E-state index contributed by atoms with van der Waals surface area (Å²) in [7, 11) is 0. The van der Waals surface area contributed by atoms with Gasteiger partial charge in [-0.25, -0.2) is 4.79 Å².